The SMILES string of the molecule is CCCCC/C=C\C/C=C\CCCCCCCCCCCC(=O)OC(COC(=O)CCCCCCCCCCCCCCCCC)COP(=O)(O)OCC. The molecule has 0 saturated heterocycles. The number of phosphoric acid groups is 1. The zero-order valence-corrected chi connectivity index (χ0v) is 36.3. The molecule has 9 heteroatoms. The van der Waals surface area contributed by atoms with Crippen LogP contribution in [0.25, 0.3) is 0 Å². The Bertz CT molecular complexity index is 937. The van der Waals surface area contributed by atoms with E-state index < -0.39 is 26.5 Å². The number of ether oxygens (including phenoxy) is 2. The van der Waals surface area contributed by atoms with E-state index >= 15 is 0 Å². The van der Waals surface area contributed by atoms with Crippen LogP contribution in [0.3, 0.4) is 0 Å². The van der Waals surface area contributed by atoms with E-state index in [0.29, 0.717) is 12.8 Å². The van der Waals surface area contributed by atoms with Crippen molar-refractivity contribution in [1.29, 1.82) is 0 Å². The molecule has 2 unspecified atom stereocenters. The minimum absolute atomic E-state index is 0.00163. The maximum atomic E-state index is 12.6. The van der Waals surface area contributed by atoms with Gasteiger partial charge in [-0.3, -0.25) is 18.6 Å². The van der Waals surface area contributed by atoms with Crippen molar-refractivity contribution in [2.75, 3.05) is 19.8 Å². The third-order valence-electron chi connectivity index (χ3n) is 9.76. The molecule has 0 saturated carbocycles. The normalized spacial score (nSPS) is 13.5. The molecule has 0 aliphatic rings. The molecular weight excluding hydrogens is 699 g/mol. The van der Waals surface area contributed by atoms with Gasteiger partial charge in [0.2, 0.25) is 0 Å². The summed E-state index contributed by atoms with van der Waals surface area (Å²) in [5.41, 5.74) is 0. The van der Waals surface area contributed by atoms with Gasteiger partial charge in [0.15, 0.2) is 6.10 Å². The number of rotatable bonds is 42. The number of allylic oxidation sites excluding steroid dienone is 4. The van der Waals surface area contributed by atoms with Crippen molar-refractivity contribution in [3.63, 3.8) is 0 Å². The van der Waals surface area contributed by atoms with Gasteiger partial charge < -0.3 is 14.4 Å². The molecule has 0 aromatic rings. The average Bonchev–Trinajstić information content (AvgIpc) is 3.15. The molecule has 2 atom stereocenters. The molecule has 0 spiro atoms. The molecule has 0 aromatic heterocycles. The minimum atomic E-state index is -4.28. The van der Waals surface area contributed by atoms with Crippen molar-refractivity contribution in [2.24, 2.45) is 0 Å². The summed E-state index contributed by atoms with van der Waals surface area (Å²) in [5.74, 6) is -0.792. The Morgan fingerprint density at radius 3 is 1.35 bits per heavy atom. The molecule has 54 heavy (non-hydrogen) atoms. The molecule has 0 amide bonds. The number of unbranched alkanes of at least 4 members (excludes halogenated alkanes) is 26. The van der Waals surface area contributed by atoms with Crippen LogP contribution in [0.15, 0.2) is 24.3 Å². The summed E-state index contributed by atoms with van der Waals surface area (Å²) >= 11 is 0. The highest BCUT2D eigenvalue weighted by atomic mass is 31.2. The highest BCUT2D eigenvalue weighted by molar-refractivity contribution is 7.47. The van der Waals surface area contributed by atoms with E-state index in [1.165, 1.54) is 141 Å². The van der Waals surface area contributed by atoms with Crippen LogP contribution >= 0.6 is 7.82 Å². The molecule has 0 aliphatic carbocycles. The first-order valence-corrected chi connectivity index (χ1v) is 24.1. The fourth-order valence-corrected chi connectivity index (χ4v) is 7.18. The van der Waals surface area contributed by atoms with Gasteiger partial charge in [0.1, 0.15) is 6.61 Å². The molecule has 318 valence electrons. The summed E-state index contributed by atoms with van der Waals surface area (Å²) in [4.78, 5) is 34.8. The largest absolute Gasteiger partial charge is 0.472 e. The van der Waals surface area contributed by atoms with E-state index in [-0.39, 0.29) is 25.6 Å². The lowest BCUT2D eigenvalue weighted by Crippen LogP contribution is -2.29. The number of phosphoric ester groups is 1. The van der Waals surface area contributed by atoms with Gasteiger partial charge in [-0.15, -0.1) is 0 Å². The molecule has 8 nitrogen and oxygen atoms in total. The number of hydrogen-bond acceptors (Lipinski definition) is 7. The highest BCUT2D eigenvalue weighted by Gasteiger charge is 2.25. The van der Waals surface area contributed by atoms with Gasteiger partial charge in [-0.2, -0.15) is 0 Å². The highest BCUT2D eigenvalue weighted by Crippen LogP contribution is 2.43. The van der Waals surface area contributed by atoms with Crippen LogP contribution in [0, 0.1) is 0 Å². The van der Waals surface area contributed by atoms with Crippen molar-refractivity contribution in [3.05, 3.63) is 24.3 Å². The maximum Gasteiger partial charge on any atom is 0.472 e. The second-order valence-electron chi connectivity index (χ2n) is 15.1. The summed E-state index contributed by atoms with van der Waals surface area (Å²) in [6.07, 6.45) is 45.1. The van der Waals surface area contributed by atoms with Gasteiger partial charge in [-0.1, -0.05) is 186 Å². The van der Waals surface area contributed by atoms with Gasteiger partial charge in [0.25, 0.3) is 0 Å². The van der Waals surface area contributed by atoms with E-state index in [1.807, 2.05) is 0 Å². The Morgan fingerprint density at radius 2 is 0.889 bits per heavy atom. The van der Waals surface area contributed by atoms with Gasteiger partial charge in [-0.25, -0.2) is 4.57 Å². The zero-order valence-electron chi connectivity index (χ0n) is 35.4. The molecule has 0 aromatic carbocycles. The summed E-state index contributed by atoms with van der Waals surface area (Å²) in [7, 11) is -4.28. The van der Waals surface area contributed by atoms with Crippen LogP contribution in [0.5, 0.6) is 0 Å². The van der Waals surface area contributed by atoms with Crippen molar-refractivity contribution in [1.82, 2.24) is 0 Å². The van der Waals surface area contributed by atoms with Crippen LogP contribution < -0.4 is 0 Å². The summed E-state index contributed by atoms with van der Waals surface area (Å²) in [6, 6.07) is 0. The molecule has 1 N–H and O–H groups in total. The first-order chi connectivity index (χ1) is 26.3. The first-order valence-electron chi connectivity index (χ1n) is 22.6. The predicted octanol–water partition coefficient (Wildman–Crippen LogP) is 14.2. The van der Waals surface area contributed by atoms with Crippen molar-refractivity contribution >= 4 is 19.8 Å². The van der Waals surface area contributed by atoms with Crippen LogP contribution in [-0.2, 0) is 32.7 Å². The molecule has 0 aliphatic heterocycles. The Kier molecular flexibility index (Phi) is 40.1. The lowest BCUT2D eigenvalue weighted by Gasteiger charge is -2.19. The lowest BCUT2D eigenvalue weighted by atomic mass is 10.0. The smallest absolute Gasteiger partial charge is 0.462 e. The van der Waals surface area contributed by atoms with E-state index in [9.17, 15) is 19.0 Å². The van der Waals surface area contributed by atoms with Crippen molar-refractivity contribution in [3.8, 4) is 0 Å². The zero-order chi connectivity index (χ0) is 39.6. The quantitative estimate of drug-likeness (QED) is 0.0282. The van der Waals surface area contributed by atoms with E-state index in [0.717, 1.165) is 44.9 Å². The fourth-order valence-electron chi connectivity index (χ4n) is 6.43. The Hall–Kier alpha value is -1.47. The van der Waals surface area contributed by atoms with Gasteiger partial charge in [0, 0.05) is 12.8 Å². The van der Waals surface area contributed by atoms with Gasteiger partial charge in [-0.05, 0) is 51.9 Å². The van der Waals surface area contributed by atoms with Crippen molar-refractivity contribution in [2.45, 2.75) is 232 Å². The second kappa shape index (κ2) is 41.2. The lowest BCUT2D eigenvalue weighted by molar-refractivity contribution is -0.161. The Labute approximate surface area is 333 Å². The molecule has 0 bridgehead atoms. The third-order valence-corrected chi connectivity index (χ3v) is 10.8. The minimum Gasteiger partial charge on any atom is -0.462 e. The molecule has 0 heterocycles. The number of hydrogen-bond donors (Lipinski definition) is 1. The summed E-state index contributed by atoms with van der Waals surface area (Å²) < 4.78 is 32.7. The number of carbonyl (C=O) groups excluding carboxylic acids is 2. The Balaban J connectivity index is 4.04. The molecular formula is C45H85O8P. The summed E-state index contributed by atoms with van der Waals surface area (Å²) in [6.45, 7) is 5.48. The van der Waals surface area contributed by atoms with Crippen LogP contribution in [0.2, 0.25) is 0 Å². The standard InChI is InChI=1S/C45H85O8P/c1-4-7-9-11-13-15-17-19-21-22-23-24-26-28-30-32-34-36-38-40-45(47)53-43(42-52-54(48,49)51-6-3)41-50-44(46)39-37-35-33-31-29-27-25-20-18-16-14-12-10-8-5-2/h13,15,19,21,43H,4-12,14,16-18,20,22-42H2,1-3H3,(H,48,49)/b15-13-,21-19-. The van der Waals surface area contributed by atoms with Crippen LogP contribution in [0.4, 0.5) is 0 Å². The maximum absolute atomic E-state index is 12.6. The Morgan fingerprint density at radius 1 is 0.500 bits per heavy atom. The fraction of sp³-hybridized carbons (Fsp3) is 0.867. The van der Waals surface area contributed by atoms with Crippen LogP contribution in [-0.4, -0.2) is 42.8 Å². The number of esters is 2. The van der Waals surface area contributed by atoms with E-state index in [2.05, 4.69) is 38.2 Å². The van der Waals surface area contributed by atoms with E-state index in [1.54, 1.807) is 6.92 Å². The first kappa shape index (κ1) is 52.5. The third kappa shape index (κ3) is 40.2. The monoisotopic (exact) mass is 785 g/mol. The summed E-state index contributed by atoms with van der Waals surface area (Å²) in [5, 5.41) is 0. The van der Waals surface area contributed by atoms with Crippen LogP contribution in [0.1, 0.15) is 226 Å². The second-order valence-corrected chi connectivity index (χ2v) is 16.5. The molecule has 0 fully saturated rings. The van der Waals surface area contributed by atoms with Gasteiger partial charge >= 0.3 is 19.8 Å². The molecule has 0 radical (unpaired) electrons. The molecule has 0 rings (SSSR count). The topological polar surface area (TPSA) is 108 Å². The van der Waals surface area contributed by atoms with Crippen molar-refractivity contribution < 1.29 is 37.6 Å². The average molecular weight is 785 g/mol. The predicted molar refractivity (Wildman–Crippen MR) is 226 cm³/mol. The number of carbonyl (C=O) groups is 2. The van der Waals surface area contributed by atoms with Gasteiger partial charge in [0.05, 0.1) is 13.2 Å². The van der Waals surface area contributed by atoms with E-state index in [4.69, 9.17) is 18.5 Å².